The number of benzene rings is 1. The second-order valence-corrected chi connectivity index (χ2v) is 4.73. The molecule has 1 N–H and O–H groups in total. The lowest BCUT2D eigenvalue weighted by molar-refractivity contribution is 0.0996. The molecule has 1 aromatic carbocycles. The van der Waals surface area contributed by atoms with E-state index < -0.39 is 0 Å². The standard InChI is InChI=1S/C16H15N3O3/c1-11-8-9-19(18-11)15-7-6-14(22-15)16(20)17-12-4-3-5-13(10-12)21-2/h3-10H,1-2H3,(H,17,20). The number of carbonyl (C=O) groups is 1. The molecule has 0 saturated carbocycles. The summed E-state index contributed by atoms with van der Waals surface area (Å²) in [6.45, 7) is 1.88. The molecule has 0 bridgehead atoms. The summed E-state index contributed by atoms with van der Waals surface area (Å²) in [4.78, 5) is 12.2. The molecule has 112 valence electrons. The molecular formula is C16H15N3O3. The number of hydrogen-bond donors (Lipinski definition) is 1. The van der Waals surface area contributed by atoms with E-state index in [1.54, 1.807) is 54.4 Å². The summed E-state index contributed by atoms with van der Waals surface area (Å²) in [6, 6.07) is 12.3. The Labute approximate surface area is 127 Å². The molecule has 6 heteroatoms. The lowest BCUT2D eigenvalue weighted by Crippen LogP contribution is -2.10. The number of hydrogen-bond acceptors (Lipinski definition) is 4. The van der Waals surface area contributed by atoms with E-state index >= 15 is 0 Å². The highest BCUT2D eigenvalue weighted by Crippen LogP contribution is 2.19. The summed E-state index contributed by atoms with van der Waals surface area (Å²) in [6.07, 6.45) is 1.78. The van der Waals surface area contributed by atoms with Gasteiger partial charge in [-0.1, -0.05) is 6.07 Å². The number of amides is 1. The third-order valence-corrected chi connectivity index (χ3v) is 3.09. The van der Waals surface area contributed by atoms with Gasteiger partial charge in [-0.05, 0) is 31.2 Å². The molecule has 0 radical (unpaired) electrons. The zero-order chi connectivity index (χ0) is 15.5. The van der Waals surface area contributed by atoms with Crippen molar-refractivity contribution in [2.24, 2.45) is 0 Å². The number of nitrogens with one attached hydrogen (secondary N) is 1. The van der Waals surface area contributed by atoms with Crippen molar-refractivity contribution in [2.75, 3.05) is 12.4 Å². The molecule has 2 heterocycles. The second-order valence-electron chi connectivity index (χ2n) is 4.73. The first-order chi connectivity index (χ1) is 10.7. The zero-order valence-corrected chi connectivity index (χ0v) is 12.2. The summed E-state index contributed by atoms with van der Waals surface area (Å²) in [5.74, 6) is 1.04. The number of carbonyl (C=O) groups excluding carboxylic acids is 1. The van der Waals surface area contributed by atoms with Gasteiger partial charge in [0.2, 0.25) is 5.88 Å². The molecule has 3 rings (SSSR count). The molecule has 0 atom stereocenters. The topological polar surface area (TPSA) is 69.3 Å². The number of aryl methyl sites for hydroxylation is 1. The molecule has 0 fully saturated rings. The van der Waals surface area contributed by atoms with Crippen molar-refractivity contribution >= 4 is 11.6 Å². The number of rotatable bonds is 4. The van der Waals surface area contributed by atoms with Crippen LogP contribution in [-0.2, 0) is 0 Å². The monoisotopic (exact) mass is 297 g/mol. The molecule has 22 heavy (non-hydrogen) atoms. The highest BCUT2D eigenvalue weighted by molar-refractivity contribution is 6.02. The van der Waals surface area contributed by atoms with Crippen LogP contribution in [-0.4, -0.2) is 22.8 Å². The average molecular weight is 297 g/mol. The van der Waals surface area contributed by atoms with Crippen LogP contribution in [0.3, 0.4) is 0 Å². The Hall–Kier alpha value is -3.02. The maximum atomic E-state index is 12.2. The van der Waals surface area contributed by atoms with Crippen molar-refractivity contribution in [1.29, 1.82) is 0 Å². The molecule has 0 aliphatic rings. The fraction of sp³-hybridized carbons (Fsp3) is 0.125. The fourth-order valence-corrected chi connectivity index (χ4v) is 2.00. The predicted octanol–water partition coefficient (Wildman–Crippen LogP) is 3.03. The fourth-order valence-electron chi connectivity index (χ4n) is 2.00. The molecule has 2 aromatic heterocycles. The van der Waals surface area contributed by atoms with E-state index in [0.29, 0.717) is 17.3 Å². The Morgan fingerprint density at radius 3 is 2.86 bits per heavy atom. The molecule has 1 amide bonds. The SMILES string of the molecule is COc1cccc(NC(=O)c2ccc(-n3ccc(C)n3)o2)c1. The molecule has 0 aliphatic carbocycles. The van der Waals surface area contributed by atoms with Gasteiger partial charge < -0.3 is 14.5 Å². The molecule has 0 spiro atoms. The normalized spacial score (nSPS) is 10.5. The largest absolute Gasteiger partial charge is 0.497 e. The van der Waals surface area contributed by atoms with Crippen LogP contribution in [0, 0.1) is 6.92 Å². The van der Waals surface area contributed by atoms with Crippen molar-refractivity contribution < 1.29 is 13.9 Å². The Morgan fingerprint density at radius 1 is 1.27 bits per heavy atom. The van der Waals surface area contributed by atoms with E-state index in [9.17, 15) is 4.79 Å². The second kappa shape index (κ2) is 5.77. The van der Waals surface area contributed by atoms with Gasteiger partial charge in [0.25, 0.3) is 5.91 Å². The van der Waals surface area contributed by atoms with Gasteiger partial charge >= 0.3 is 0 Å². The van der Waals surface area contributed by atoms with Crippen LogP contribution >= 0.6 is 0 Å². The van der Waals surface area contributed by atoms with Crippen molar-refractivity contribution in [1.82, 2.24) is 9.78 Å². The number of ether oxygens (including phenoxy) is 1. The maximum absolute atomic E-state index is 12.2. The van der Waals surface area contributed by atoms with E-state index in [4.69, 9.17) is 9.15 Å². The van der Waals surface area contributed by atoms with E-state index in [-0.39, 0.29) is 11.7 Å². The number of furan rings is 1. The third kappa shape index (κ3) is 2.85. The van der Waals surface area contributed by atoms with E-state index in [2.05, 4.69) is 10.4 Å². The zero-order valence-electron chi connectivity index (χ0n) is 12.2. The number of nitrogens with zero attached hydrogens (tertiary/aromatic N) is 2. The Morgan fingerprint density at radius 2 is 2.14 bits per heavy atom. The van der Waals surface area contributed by atoms with Gasteiger partial charge in [0, 0.05) is 24.0 Å². The average Bonchev–Trinajstić information content (AvgIpc) is 3.16. The summed E-state index contributed by atoms with van der Waals surface area (Å²) >= 11 is 0. The minimum absolute atomic E-state index is 0.214. The van der Waals surface area contributed by atoms with Gasteiger partial charge in [-0.2, -0.15) is 5.10 Å². The minimum atomic E-state index is -0.330. The van der Waals surface area contributed by atoms with Crippen LogP contribution in [0.1, 0.15) is 16.2 Å². The lowest BCUT2D eigenvalue weighted by Gasteiger charge is -2.05. The van der Waals surface area contributed by atoms with Crippen LogP contribution in [0.4, 0.5) is 5.69 Å². The van der Waals surface area contributed by atoms with Crippen LogP contribution in [0.2, 0.25) is 0 Å². The third-order valence-electron chi connectivity index (χ3n) is 3.09. The number of aromatic nitrogens is 2. The van der Waals surface area contributed by atoms with Gasteiger partial charge in [-0.25, -0.2) is 4.68 Å². The maximum Gasteiger partial charge on any atom is 0.291 e. The first-order valence-electron chi connectivity index (χ1n) is 6.73. The summed E-state index contributed by atoms with van der Waals surface area (Å²) < 4.78 is 12.2. The van der Waals surface area contributed by atoms with Crippen molar-refractivity contribution in [3.8, 4) is 11.6 Å². The van der Waals surface area contributed by atoms with Gasteiger partial charge in [-0.15, -0.1) is 0 Å². The van der Waals surface area contributed by atoms with Crippen LogP contribution < -0.4 is 10.1 Å². The van der Waals surface area contributed by atoms with Crippen LogP contribution in [0.5, 0.6) is 5.75 Å². The summed E-state index contributed by atoms with van der Waals surface area (Å²) in [5.41, 5.74) is 1.51. The lowest BCUT2D eigenvalue weighted by atomic mass is 10.3. The summed E-state index contributed by atoms with van der Waals surface area (Å²) in [5, 5.41) is 7.00. The van der Waals surface area contributed by atoms with E-state index in [1.165, 1.54) is 0 Å². The van der Waals surface area contributed by atoms with Gasteiger partial charge in [0.1, 0.15) is 5.75 Å². The summed E-state index contributed by atoms with van der Waals surface area (Å²) in [7, 11) is 1.58. The molecular weight excluding hydrogens is 282 g/mol. The molecule has 3 aromatic rings. The molecule has 6 nitrogen and oxygen atoms in total. The Balaban J connectivity index is 1.76. The first-order valence-corrected chi connectivity index (χ1v) is 6.73. The van der Waals surface area contributed by atoms with Crippen molar-refractivity contribution in [3.05, 3.63) is 60.1 Å². The van der Waals surface area contributed by atoms with Crippen LogP contribution in [0.15, 0.2) is 53.1 Å². The van der Waals surface area contributed by atoms with Crippen LogP contribution in [0.25, 0.3) is 5.88 Å². The van der Waals surface area contributed by atoms with Crippen molar-refractivity contribution in [3.63, 3.8) is 0 Å². The highest BCUT2D eigenvalue weighted by atomic mass is 16.5. The van der Waals surface area contributed by atoms with Gasteiger partial charge in [0.05, 0.1) is 12.8 Å². The predicted molar refractivity (Wildman–Crippen MR) is 81.5 cm³/mol. The number of anilines is 1. The minimum Gasteiger partial charge on any atom is -0.497 e. The van der Waals surface area contributed by atoms with Gasteiger partial charge in [0.15, 0.2) is 5.76 Å². The Kier molecular flexibility index (Phi) is 3.65. The van der Waals surface area contributed by atoms with Gasteiger partial charge in [-0.3, -0.25) is 4.79 Å². The molecule has 0 saturated heterocycles. The molecule has 0 aliphatic heterocycles. The van der Waals surface area contributed by atoms with Crippen molar-refractivity contribution in [2.45, 2.75) is 6.92 Å². The Bertz CT molecular complexity index is 804. The number of methoxy groups -OCH3 is 1. The molecule has 0 unspecified atom stereocenters. The van der Waals surface area contributed by atoms with E-state index in [1.807, 2.05) is 13.0 Å². The quantitative estimate of drug-likeness (QED) is 0.803. The highest BCUT2D eigenvalue weighted by Gasteiger charge is 2.13. The first kappa shape index (κ1) is 13.9. The van der Waals surface area contributed by atoms with E-state index in [0.717, 1.165) is 5.69 Å². The smallest absolute Gasteiger partial charge is 0.291 e.